The quantitative estimate of drug-likeness (QED) is 0.732. The summed E-state index contributed by atoms with van der Waals surface area (Å²) in [6.07, 6.45) is 3.12. The Kier molecular flexibility index (Phi) is 5.50. The fourth-order valence-corrected chi connectivity index (χ4v) is 3.61. The highest BCUT2D eigenvalue weighted by atomic mass is 32.2. The van der Waals surface area contributed by atoms with Crippen LogP contribution in [0.2, 0.25) is 0 Å². The molecule has 1 fully saturated rings. The van der Waals surface area contributed by atoms with Crippen LogP contribution in [0.1, 0.15) is 63.5 Å². The van der Waals surface area contributed by atoms with Crippen molar-refractivity contribution in [1.29, 1.82) is 0 Å². The number of rotatable bonds is 4. The summed E-state index contributed by atoms with van der Waals surface area (Å²) >= 11 is 1.55. The fraction of sp³-hybridized carbons (Fsp3) is 0.556. The highest BCUT2D eigenvalue weighted by Crippen LogP contribution is 2.35. The molecular weight excluding hydrogens is 352 g/mol. The molecule has 140 valence electrons. The first-order valence-electron chi connectivity index (χ1n) is 8.74. The van der Waals surface area contributed by atoms with E-state index in [1.165, 1.54) is 0 Å². The molecule has 7 nitrogen and oxygen atoms in total. The maximum atomic E-state index is 12.4. The number of hydrogen-bond donors (Lipinski definition) is 0. The molecule has 8 heteroatoms. The largest absolute Gasteiger partial charge is 0.444 e. The molecule has 3 rings (SSSR count). The van der Waals surface area contributed by atoms with Gasteiger partial charge in [-0.25, -0.2) is 9.78 Å². The first kappa shape index (κ1) is 18.7. The Balaban J connectivity index is 1.69. The minimum atomic E-state index is -0.527. The number of carbonyl (C=O) groups is 1. The van der Waals surface area contributed by atoms with Gasteiger partial charge in [-0.3, -0.25) is 4.90 Å². The van der Waals surface area contributed by atoms with Crippen LogP contribution in [0.3, 0.4) is 0 Å². The summed E-state index contributed by atoms with van der Waals surface area (Å²) in [5.41, 5.74) is -0.527. The molecule has 3 heterocycles. The number of carbonyl (C=O) groups excluding carboxylic acids is 1. The normalized spacial score (nSPS) is 18.8. The van der Waals surface area contributed by atoms with Crippen molar-refractivity contribution in [2.24, 2.45) is 0 Å². The van der Waals surface area contributed by atoms with Gasteiger partial charge in [0.2, 0.25) is 5.89 Å². The zero-order chi connectivity index (χ0) is 18.7. The van der Waals surface area contributed by atoms with Crippen molar-refractivity contribution in [2.75, 3.05) is 6.54 Å². The van der Waals surface area contributed by atoms with E-state index < -0.39 is 5.60 Å². The zero-order valence-electron chi connectivity index (χ0n) is 15.5. The molecule has 2 unspecified atom stereocenters. The first-order valence-corrected chi connectivity index (χ1v) is 9.62. The van der Waals surface area contributed by atoms with Gasteiger partial charge >= 0.3 is 6.09 Å². The lowest BCUT2D eigenvalue weighted by Gasteiger charge is -2.27. The van der Waals surface area contributed by atoms with E-state index >= 15 is 0 Å². The van der Waals surface area contributed by atoms with Crippen molar-refractivity contribution in [3.05, 3.63) is 36.1 Å². The molecule has 2 aromatic heterocycles. The number of nitrogens with zero attached hydrogens (tertiary/aromatic N) is 4. The molecule has 2 atom stereocenters. The maximum absolute atomic E-state index is 12.4. The standard InChI is InChI=1S/C18H24N4O3S/c1-12(26-14-9-5-6-10-19-14)16-20-15(21-25-16)13-8-7-11-22(13)17(23)24-18(2,3)4/h5-6,9-10,12-13H,7-8,11H2,1-4H3. The second-order valence-corrected chi connectivity index (χ2v) is 8.61. The number of amides is 1. The Labute approximate surface area is 157 Å². The van der Waals surface area contributed by atoms with Gasteiger partial charge in [-0.2, -0.15) is 4.98 Å². The third-order valence-electron chi connectivity index (χ3n) is 3.92. The van der Waals surface area contributed by atoms with E-state index in [0.717, 1.165) is 17.9 Å². The van der Waals surface area contributed by atoms with Crippen LogP contribution < -0.4 is 0 Å². The molecule has 1 saturated heterocycles. The smallest absolute Gasteiger partial charge is 0.410 e. The molecule has 2 aromatic rings. The van der Waals surface area contributed by atoms with Crippen LogP contribution in [0.15, 0.2) is 33.9 Å². The third-order valence-corrected chi connectivity index (χ3v) is 4.96. The molecule has 1 aliphatic rings. The lowest BCUT2D eigenvalue weighted by molar-refractivity contribution is 0.0217. The molecule has 1 aliphatic heterocycles. The fourth-order valence-electron chi connectivity index (χ4n) is 2.77. The third kappa shape index (κ3) is 4.55. The summed E-state index contributed by atoms with van der Waals surface area (Å²) in [5.74, 6) is 1.07. The van der Waals surface area contributed by atoms with Crippen molar-refractivity contribution in [1.82, 2.24) is 20.0 Å². The van der Waals surface area contributed by atoms with Crippen molar-refractivity contribution < 1.29 is 14.1 Å². The number of ether oxygens (including phenoxy) is 1. The second kappa shape index (κ2) is 7.65. The molecule has 0 saturated carbocycles. The Morgan fingerprint density at radius 2 is 2.23 bits per heavy atom. The second-order valence-electron chi connectivity index (χ2n) is 7.25. The molecule has 1 amide bonds. The summed E-state index contributed by atoms with van der Waals surface area (Å²) < 4.78 is 10.9. The summed E-state index contributed by atoms with van der Waals surface area (Å²) in [6.45, 7) is 8.22. The number of pyridine rings is 1. The molecular formula is C18H24N4O3S. The van der Waals surface area contributed by atoms with E-state index in [1.54, 1.807) is 22.9 Å². The van der Waals surface area contributed by atoms with E-state index in [4.69, 9.17) is 9.26 Å². The van der Waals surface area contributed by atoms with E-state index in [2.05, 4.69) is 15.1 Å². The molecule has 0 aliphatic carbocycles. The van der Waals surface area contributed by atoms with Gasteiger partial charge in [0, 0.05) is 12.7 Å². The van der Waals surface area contributed by atoms with Crippen molar-refractivity contribution in [3.8, 4) is 0 Å². The van der Waals surface area contributed by atoms with Gasteiger partial charge in [-0.05, 0) is 52.7 Å². The van der Waals surface area contributed by atoms with Gasteiger partial charge in [0.15, 0.2) is 5.82 Å². The molecule has 26 heavy (non-hydrogen) atoms. The van der Waals surface area contributed by atoms with E-state index in [9.17, 15) is 4.79 Å². The van der Waals surface area contributed by atoms with Gasteiger partial charge in [-0.1, -0.05) is 23.0 Å². The highest BCUT2D eigenvalue weighted by Gasteiger charge is 2.36. The zero-order valence-corrected chi connectivity index (χ0v) is 16.3. The Bertz CT molecular complexity index is 744. The average molecular weight is 376 g/mol. The van der Waals surface area contributed by atoms with Crippen molar-refractivity contribution in [2.45, 2.75) is 62.5 Å². The number of hydrogen-bond acceptors (Lipinski definition) is 7. The van der Waals surface area contributed by atoms with Crippen molar-refractivity contribution in [3.63, 3.8) is 0 Å². The monoisotopic (exact) mass is 376 g/mol. The van der Waals surface area contributed by atoms with Gasteiger partial charge in [0.1, 0.15) is 5.60 Å². The minimum absolute atomic E-state index is 0.0254. The molecule has 0 radical (unpaired) electrons. The average Bonchev–Trinajstić information content (AvgIpc) is 3.23. The number of thioether (sulfide) groups is 1. The maximum Gasteiger partial charge on any atom is 0.410 e. The number of aromatic nitrogens is 3. The van der Waals surface area contributed by atoms with Gasteiger partial charge in [-0.15, -0.1) is 0 Å². The van der Waals surface area contributed by atoms with Crippen LogP contribution in [0.4, 0.5) is 4.79 Å². The lowest BCUT2D eigenvalue weighted by Crippen LogP contribution is -2.36. The van der Waals surface area contributed by atoms with Gasteiger partial charge in [0.05, 0.1) is 16.3 Å². The predicted molar refractivity (Wildman–Crippen MR) is 97.7 cm³/mol. The van der Waals surface area contributed by atoms with Crippen LogP contribution in [0.5, 0.6) is 0 Å². The molecule has 0 spiro atoms. The Morgan fingerprint density at radius 3 is 2.92 bits per heavy atom. The molecule has 0 bridgehead atoms. The van der Waals surface area contributed by atoms with E-state index in [-0.39, 0.29) is 17.4 Å². The van der Waals surface area contributed by atoms with Gasteiger partial charge < -0.3 is 9.26 Å². The summed E-state index contributed by atoms with van der Waals surface area (Å²) in [5, 5.41) is 4.99. The topological polar surface area (TPSA) is 81.4 Å². The predicted octanol–water partition coefficient (Wildman–Crippen LogP) is 4.39. The number of likely N-dealkylation sites (tertiary alicyclic amines) is 1. The SMILES string of the molecule is CC(Sc1ccccn1)c1nc(C2CCCN2C(=O)OC(C)(C)C)no1. The van der Waals surface area contributed by atoms with Crippen LogP contribution in [-0.2, 0) is 4.74 Å². The van der Waals surface area contributed by atoms with E-state index in [0.29, 0.717) is 18.3 Å². The van der Waals surface area contributed by atoms with Crippen LogP contribution >= 0.6 is 11.8 Å². The Morgan fingerprint density at radius 1 is 1.42 bits per heavy atom. The minimum Gasteiger partial charge on any atom is -0.444 e. The Hall–Kier alpha value is -2.09. The van der Waals surface area contributed by atoms with E-state index in [1.807, 2.05) is 45.9 Å². The summed E-state index contributed by atoms with van der Waals surface area (Å²) in [4.78, 5) is 23.0. The van der Waals surface area contributed by atoms with Gasteiger partial charge in [0.25, 0.3) is 0 Å². The van der Waals surface area contributed by atoms with Crippen molar-refractivity contribution >= 4 is 17.9 Å². The molecule has 0 N–H and O–H groups in total. The molecule has 0 aromatic carbocycles. The van der Waals surface area contributed by atoms with Crippen LogP contribution in [0.25, 0.3) is 0 Å². The highest BCUT2D eigenvalue weighted by molar-refractivity contribution is 7.99. The van der Waals surface area contributed by atoms with Crippen LogP contribution in [0, 0.1) is 0 Å². The van der Waals surface area contributed by atoms with Crippen LogP contribution in [-0.4, -0.2) is 38.3 Å². The first-order chi connectivity index (χ1) is 12.3. The summed E-state index contributed by atoms with van der Waals surface area (Å²) in [7, 11) is 0. The summed E-state index contributed by atoms with van der Waals surface area (Å²) in [6, 6.07) is 5.57. The lowest BCUT2D eigenvalue weighted by atomic mass is 10.2.